The van der Waals surface area contributed by atoms with E-state index in [1.807, 2.05) is 19.1 Å². The number of aromatic nitrogens is 2. The second kappa shape index (κ2) is 10.2. The Labute approximate surface area is 175 Å². The molecule has 0 unspecified atom stereocenters. The van der Waals surface area contributed by atoms with Gasteiger partial charge in [-0.1, -0.05) is 18.2 Å². The Morgan fingerprint density at radius 1 is 1.14 bits per heavy atom. The maximum absolute atomic E-state index is 9.66. The van der Waals surface area contributed by atoms with Crippen LogP contribution in [0, 0.1) is 13.8 Å². The normalized spacial score (nSPS) is 18.3. The Kier molecular flexibility index (Phi) is 7.70. The third-order valence-electron chi connectivity index (χ3n) is 6.01. The second-order valence-electron chi connectivity index (χ2n) is 7.88. The number of aryl methyl sites for hydroxylation is 2. The fourth-order valence-corrected chi connectivity index (χ4v) is 4.38. The molecule has 1 N–H and O–H groups in total. The summed E-state index contributed by atoms with van der Waals surface area (Å²) in [5.41, 5.74) is 4.99. The first-order valence-corrected chi connectivity index (χ1v) is 10.9. The lowest BCUT2D eigenvalue weighted by Gasteiger charge is -2.41. The molecule has 1 atom stereocenters. The van der Waals surface area contributed by atoms with Gasteiger partial charge >= 0.3 is 0 Å². The number of aliphatic hydroxyl groups is 1. The molecule has 2 heterocycles. The van der Waals surface area contributed by atoms with Crippen molar-refractivity contribution >= 4 is 0 Å². The third-order valence-corrected chi connectivity index (χ3v) is 6.01. The van der Waals surface area contributed by atoms with Crippen LogP contribution in [0.4, 0.5) is 0 Å². The number of hydrogen-bond acceptors (Lipinski definition) is 5. The fourth-order valence-electron chi connectivity index (χ4n) is 4.38. The zero-order chi connectivity index (χ0) is 20.8. The Morgan fingerprint density at radius 2 is 1.93 bits per heavy atom. The van der Waals surface area contributed by atoms with Crippen LogP contribution in [0.3, 0.4) is 0 Å². The molecule has 1 saturated heterocycles. The zero-order valence-electron chi connectivity index (χ0n) is 18.4. The van der Waals surface area contributed by atoms with Crippen molar-refractivity contribution in [2.75, 3.05) is 32.8 Å². The summed E-state index contributed by atoms with van der Waals surface area (Å²) in [6.07, 6.45) is 0.791. The molecule has 29 heavy (non-hydrogen) atoms. The molecule has 1 aliphatic rings. The van der Waals surface area contributed by atoms with E-state index >= 15 is 0 Å². The molecule has 0 spiro atoms. The van der Waals surface area contributed by atoms with Crippen molar-refractivity contribution in [1.29, 1.82) is 0 Å². The van der Waals surface area contributed by atoms with Gasteiger partial charge in [0.2, 0.25) is 0 Å². The number of piperazine rings is 1. The van der Waals surface area contributed by atoms with Gasteiger partial charge in [0.05, 0.1) is 12.3 Å². The van der Waals surface area contributed by atoms with Gasteiger partial charge in [-0.2, -0.15) is 5.10 Å². The van der Waals surface area contributed by atoms with Crippen LogP contribution >= 0.6 is 0 Å². The van der Waals surface area contributed by atoms with Gasteiger partial charge < -0.3 is 9.84 Å². The van der Waals surface area contributed by atoms with Crippen LogP contribution < -0.4 is 4.74 Å². The predicted molar refractivity (Wildman–Crippen MR) is 116 cm³/mol. The van der Waals surface area contributed by atoms with Crippen molar-refractivity contribution < 1.29 is 9.84 Å². The summed E-state index contributed by atoms with van der Waals surface area (Å²) in [5, 5.41) is 14.3. The quantitative estimate of drug-likeness (QED) is 0.701. The molecule has 6 heteroatoms. The fraction of sp³-hybridized carbons (Fsp3) is 0.609. The highest BCUT2D eigenvalue weighted by Crippen LogP contribution is 2.25. The molecule has 1 aliphatic heterocycles. The molecule has 160 valence electrons. The molecule has 6 nitrogen and oxygen atoms in total. The summed E-state index contributed by atoms with van der Waals surface area (Å²) in [6, 6.07) is 8.64. The first-order chi connectivity index (χ1) is 14.1. The minimum Gasteiger partial charge on any atom is -0.494 e. The molecule has 0 bridgehead atoms. The number of nitrogens with zero attached hydrogens (tertiary/aromatic N) is 4. The predicted octanol–water partition coefficient (Wildman–Crippen LogP) is 2.99. The second-order valence-corrected chi connectivity index (χ2v) is 7.88. The van der Waals surface area contributed by atoms with Crippen molar-refractivity contribution in [2.45, 2.75) is 59.8 Å². The van der Waals surface area contributed by atoms with Gasteiger partial charge in [-0.3, -0.25) is 14.5 Å². The first kappa shape index (κ1) is 21.8. The van der Waals surface area contributed by atoms with Gasteiger partial charge in [0, 0.05) is 68.7 Å². The Bertz CT molecular complexity index is 789. The number of rotatable bonds is 9. The van der Waals surface area contributed by atoms with Crippen LogP contribution in [0.1, 0.15) is 42.8 Å². The highest BCUT2D eigenvalue weighted by Gasteiger charge is 2.28. The lowest BCUT2D eigenvalue weighted by Crippen LogP contribution is -2.52. The van der Waals surface area contributed by atoms with E-state index in [4.69, 9.17) is 4.74 Å². The molecular weight excluding hydrogens is 364 g/mol. The van der Waals surface area contributed by atoms with Gasteiger partial charge in [0.25, 0.3) is 0 Å². The molecule has 1 aromatic heterocycles. The SMILES string of the molecule is CCOc1ccccc1CN1CCN(Cc2c(C)nn(CC)c2C)C[C@@H]1CCO. The number of para-hydroxylation sites is 1. The van der Waals surface area contributed by atoms with Crippen molar-refractivity contribution in [3.63, 3.8) is 0 Å². The molecular formula is C23H36N4O2. The van der Waals surface area contributed by atoms with Crippen LogP contribution in [-0.2, 0) is 19.6 Å². The number of hydrogen-bond donors (Lipinski definition) is 1. The Morgan fingerprint density at radius 3 is 2.62 bits per heavy atom. The topological polar surface area (TPSA) is 53.8 Å². The molecule has 3 rings (SSSR count). The van der Waals surface area contributed by atoms with E-state index in [0.717, 1.165) is 57.1 Å². The minimum atomic E-state index is 0.216. The summed E-state index contributed by atoms with van der Waals surface area (Å²) in [4.78, 5) is 5.02. The van der Waals surface area contributed by atoms with Gasteiger partial charge in [-0.05, 0) is 40.2 Å². The molecule has 0 saturated carbocycles. The summed E-state index contributed by atoms with van der Waals surface area (Å²) >= 11 is 0. The van der Waals surface area contributed by atoms with E-state index in [9.17, 15) is 5.11 Å². The summed E-state index contributed by atoms with van der Waals surface area (Å²) in [5.74, 6) is 0.971. The van der Waals surface area contributed by atoms with E-state index < -0.39 is 0 Å². The highest BCUT2D eigenvalue weighted by molar-refractivity contribution is 5.33. The third kappa shape index (κ3) is 5.18. The van der Waals surface area contributed by atoms with Crippen LogP contribution in [-0.4, -0.2) is 63.6 Å². The number of benzene rings is 1. The molecule has 0 aliphatic carbocycles. The van der Waals surface area contributed by atoms with Gasteiger partial charge in [0.1, 0.15) is 5.75 Å². The van der Waals surface area contributed by atoms with E-state index in [-0.39, 0.29) is 6.61 Å². The highest BCUT2D eigenvalue weighted by atomic mass is 16.5. The van der Waals surface area contributed by atoms with E-state index in [0.29, 0.717) is 12.6 Å². The van der Waals surface area contributed by atoms with Crippen molar-refractivity contribution in [2.24, 2.45) is 0 Å². The van der Waals surface area contributed by atoms with Crippen LogP contribution in [0.2, 0.25) is 0 Å². The van der Waals surface area contributed by atoms with Gasteiger partial charge in [0.15, 0.2) is 0 Å². The average molecular weight is 401 g/mol. The molecule has 1 aromatic carbocycles. The Hall–Kier alpha value is -1.89. The summed E-state index contributed by atoms with van der Waals surface area (Å²) in [6.45, 7) is 15.0. The lowest BCUT2D eigenvalue weighted by molar-refractivity contribution is 0.0492. The summed E-state index contributed by atoms with van der Waals surface area (Å²) < 4.78 is 7.91. The molecule has 0 amide bonds. The number of ether oxygens (including phenoxy) is 1. The average Bonchev–Trinajstić information content (AvgIpc) is 2.99. The standard InChI is InChI=1S/C23H36N4O2/c1-5-27-19(4)22(18(3)24-27)17-25-12-13-26(21(16-25)11-14-28)15-20-9-7-8-10-23(20)29-6-2/h7-10,21,28H,5-6,11-17H2,1-4H3/t21-/m0/s1. The smallest absolute Gasteiger partial charge is 0.123 e. The van der Waals surface area contributed by atoms with Crippen molar-refractivity contribution in [1.82, 2.24) is 19.6 Å². The lowest BCUT2D eigenvalue weighted by atomic mass is 10.1. The van der Waals surface area contributed by atoms with E-state index in [1.54, 1.807) is 0 Å². The minimum absolute atomic E-state index is 0.216. The van der Waals surface area contributed by atoms with Crippen molar-refractivity contribution in [3.8, 4) is 5.75 Å². The largest absolute Gasteiger partial charge is 0.494 e. The van der Waals surface area contributed by atoms with Gasteiger partial charge in [-0.15, -0.1) is 0 Å². The maximum Gasteiger partial charge on any atom is 0.123 e. The molecule has 0 radical (unpaired) electrons. The maximum atomic E-state index is 9.66. The van der Waals surface area contributed by atoms with E-state index in [2.05, 4.69) is 52.5 Å². The van der Waals surface area contributed by atoms with Gasteiger partial charge in [-0.25, -0.2) is 0 Å². The Balaban J connectivity index is 1.69. The van der Waals surface area contributed by atoms with Crippen LogP contribution in [0.25, 0.3) is 0 Å². The summed E-state index contributed by atoms with van der Waals surface area (Å²) in [7, 11) is 0. The molecule has 2 aromatic rings. The van der Waals surface area contributed by atoms with Crippen LogP contribution in [0.5, 0.6) is 5.75 Å². The van der Waals surface area contributed by atoms with Crippen LogP contribution in [0.15, 0.2) is 24.3 Å². The first-order valence-electron chi connectivity index (χ1n) is 10.9. The zero-order valence-corrected chi connectivity index (χ0v) is 18.4. The van der Waals surface area contributed by atoms with E-state index in [1.165, 1.54) is 16.8 Å². The monoisotopic (exact) mass is 400 g/mol. The van der Waals surface area contributed by atoms with Crippen molar-refractivity contribution in [3.05, 3.63) is 46.8 Å². The number of aliphatic hydroxyl groups excluding tert-OH is 1. The molecule has 1 fully saturated rings.